The molecule has 0 spiro atoms. The Balaban J connectivity index is 1.97. The molecule has 0 bridgehead atoms. The third-order valence-corrected chi connectivity index (χ3v) is 4.48. The average molecular weight is 366 g/mol. The second kappa shape index (κ2) is 7.74. The summed E-state index contributed by atoms with van der Waals surface area (Å²) >= 11 is 0. The summed E-state index contributed by atoms with van der Waals surface area (Å²) in [5, 5.41) is 0.994. The molecular formula is C22H23FN2O2. The van der Waals surface area contributed by atoms with Crippen molar-refractivity contribution in [1.29, 1.82) is 0 Å². The molecule has 0 N–H and O–H groups in total. The molecule has 1 aromatic heterocycles. The highest BCUT2D eigenvalue weighted by atomic mass is 19.1. The van der Waals surface area contributed by atoms with E-state index in [0.717, 1.165) is 22.0 Å². The van der Waals surface area contributed by atoms with E-state index in [1.807, 2.05) is 38.1 Å². The van der Waals surface area contributed by atoms with Gasteiger partial charge in [0.05, 0.1) is 5.52 Å². The molecular weight excluding hydrogens is 343 g/mol. The number of benzene rings is 2. The highest BCUT2D eigenvalue weighted by Gasteiger charge is 2.20. The van der Waals surface area contributed by atoms with Gasteiger partial charge in [0.2, 0.25) is 0 Å². The quantitative estimate of drug-likeness (QED) is 0.663. The Kier molecular flexibility index (Phi) is 5.40. The van der Waals surface area contributed by atoms with Gasteiger partial charge in [0.1, 0.15) is 11.6 Å². The van der Waals surface area contributed by atoms with E-state index in [-0.39, 0.29) is 5.91 Å². The van der Waals surface area contributed by atoms with Gasteiger partial charge in [0.15, 0.2) is 6.10 Å². The summed E-state index contributed by atoms with van der Waals surface area (Å²) in [6.45, 7) is 3.87. The number of carbonyl (C=O) groups is 1. The van der Waals surface area contributed by atoms with E-state index in [2.05, 4.69) is 4.98 Å². The second-order valence-corrected chi connectivity index (χ2v) is 6.79. The molecule has 2 aromatic carbocycles. The maximum Gasteiger partial charge on any atom is 0.263 e. The predicted octanol–water partition coefficient (Wildman–Crippen LogP) is 4.59. The lowest BCUT2D eigenvalue weighted by atomic mass is 10.0. The molecule has 27 heavy (non-hydrogen) atoms. The zero-order chi connectivity index (χ0) is 19.6. The summed E-state index contributed by atoms with van der Waals surface area (Å²) < 4.78 is 20.0. The number of pyridine rings is 1. The molecule has 0 fully saturated rings. The lowest BCUT2D eigenvalue weighted by Gasteiger charge is -2.21. The van der Waals surface area contributed by atoms with Crippen molar-refractivity contribution >= 4 is 16.8 Å². The average Bonchev–Trinajstić information content (AvgIpc) is 2.65. The number of aryl methyl sites for hydroxylation is 1. The van der Waals surface area contributed by atoms with Crippen LogP contribution in [0.15, 0.2) is 48.7 Å². The van der Waals surface area contributed by atoms with E-state index < -0.39 is 11.9 Å². The van der Waals surface area contributed by atoms with Crippen LogP contribution >= 0.6 is 0 Å². The van der Waals surface area contributed by atoms with Crippen molar-refractivity contribution < 1.29 is 13.9 Å². The fraction of sp³-hybridized carbons (Fsp3) is 0.273. The first-order valence-electron chi connectivity index (χ1n) is 8.93. The van der Waals surface area contributed by atoms with Crippen LogP contribution in [-0.2, 0) is 4.79 Å². The number of hydrogen-bond acceptors (Lipinski definition) is 3. The number of nitrogens with zero attached hydrogens (tertiary/aromatic N) is 2. The van der Waals surface area contributed by atoms with Crippen molar-refractivity contribution in [2.45, 2.75) is 26.4 Å². The fourth-order valence-electron chi connectivity index (χ4n) is 3.03. The van der Waals surface area contributed by atoms with E-state index in [9.17, 15) is 9.18 Å². The van der Waals surface area contributed by atoms with Gasteiger partial charge in [-0.25, -0.2) is 4.39 Å². The van der Waals surface area contributed by atoms with Crippen LogP contribution in [0.25, 0.3) is 22.0 Å². The lowest BCUT2D eigenvalue weighted by molar-refractivity contribution is -0.136. The third kappa shape index (κ3) is 4.08. The number of aromatic nitrogens is 1. The first-order valence-corrected chi connectivity index (χ1v) is 8.93. The Labute approximate surface area is 158 Å². The van der Waals surface area contributed by atoms with Gasteiger partial charge in [0, 0.05) is 37.3 Å². The van der Waals surface area contributed by atoms with E-state index in [4.69, 9.17) is 4.74 Å². The van der Waals surface area contributed by atoms with Gasteiger partial charge in [-0.05, 0) is 42.7 Å². The minimum Gasteiger partial charge on any atom is -0.480 e. The SMILES string of the molecule is CCC(Oc1cc(F)cc(-c2cnc3c(C)cccc3c2)c1)C(=O)N(C)C. The van der Waals surface area contributed by atoms with Crippen molar-refractivity contribution in [3.05, 3.63) is 60.0 Å². The molecule has 5 heteroatoms. The van der Waals surface area contributed by atoms with Gasteiger partial charge < -0.3 is 9.64 Å². The summed E-state index contributed by atoms with van der Waals surface area (Å²) in [5.74, 6) is -0.235. The van der Waals surface area contributed by atoms with Gasteiger partial charge in [0.25, 0.3) is 5.91 Å². The minimum absolute atomic E-state index is 0.147. The molecule has 140 valence electrons. The third-order valence-electron chi connectivity index (χ3n) is 4.48. The van der Waals surface area contributed by atoms with Crippen molar-refractivity contribution in [2.75, 3.05) is 14.1 Å². The maximum atomic E-state index is 14.2. The predicted molar refractivity (Wildman–Crippen MR) is 105 cm³/mol. The number of ether oxygens (including phenoxy) is 1. The molecule has 4 nitrogen and oxygen atoms in total. The molecule has 0 aliphatic carbocycles. The molecule has 1 heterocycles. The molecule has 1 amide bonds. The van der Waals surface area contributed by atoms with Crippen LogP contribution in [0.4, 0.5) is 4.39 Å². The molecule has 0 aliphatic heterocycles. The normalized spacial score (nSPS) is 12.0. The van der Waals surface area contributed by atoms with Crippen LogP contribution in [0.5, 0.6) is 5.75 Å². The number of likely N-dealkylation sites (N-methyl/N-ethyl adjacent to an activating group) is 1. The molecule has 3 rings (SSSR count). The van der Waals surface area contributed by atoms with Crippen LogP contribution in [0, 0.1) is 12.7 Å². The molecule has 0 saturated heterocycles. The zero-order valence-electron chi connectivity index (χ0n) is 16.0. The number of halogens is 1. The topological polar surface area (TPSA) is 42.4 Å². The highest BCUT2D eigenvalue weighted by Crippen LogP contribution is 2.29. The Morgan fingerprint density at radius 1 is 1.19 bits per heavy atom. The second-order valence-electron chi connectivity index (χ2n) is 6.79. The van der Waals surface area contributed by atoms with Crippen LogP contribution in [0.3, 0.4) is 0 Å². The van der Waals surface area contributed by atoms with E-state index in [0.29, 0.717) is 17.7 Å². The minimum atomic E-state index is -0.646. The Hall–Kier alpha value is -2.95. The first kappa shape index (κ1) is 18.8. The van der Waals surface area contributed by atoms with Gasteiger partial charge >= 0.3 is 0 Å². The molecule has 0 radical (unpaired) electrons. The molecule has 0 aliphatic rings. The van der Waals surface area contributed by atoms with E-state index in [1.165, 1.54) is 17.0 Å². The number of fused-ring (bicyclic) bond motifs is 1. The largest absolute Gasteiger partial charge is 0.480 e. The van der Waals surface area contributed by atoms with Crippen LogP contribution in [0.1, 0.15) is 18.9 Å². The molecule has 3 aromatic rings. The van der Waals surface area contributed by atoms with Crippen molar-refractivity contribution in [1.82, 2.24) is 9.88 Å². The maximum absolute atomic E-state index is 14.2. The van der Waals surface area contributed by atoms with Gasteiger partial charge in [-0.1, -0.05) is 25.1 Å². The van der Waals surface area contributed by atoms with E-state index in [1.54, 1.807) is 26.4 Å². The smallest absolute Gasteiger partial charge is 0.263 e. The van der Waals surface area contributed by atoms with Gasteiger partial charge in [-0.3, -0.25) is 9.78 Å². The summed E-state index contributed by atoms with van der Waals surface area (Å²) in [4.78, 5) is 18.2. The van der Waals surface area contributed by atoms with E-state index >= 15 is 0 Å². The number of hydrogen-bond donors (Lipinski definition) is 0. The number of carbonyl (C=O) groups excluding carboxylic acids is 1. The summed E-state index contributed by atoms with van der Waals surface area (Å²) in [6, 6.07) is 12.4. The monoisotopic (exact) mass is 366 g/mol. The molecule has 1 atom stereocenters. The number of rotatable bonds is 5. The van der Waals surface area contributed by atoms with Crippen molar-refractivity contribution in [2.24, 2.45) is 0 Å². The van der Waals surface area contributed by atoms with Crippen molar-refractivity contribution in [3.63, 3.8) is 0 Å². The Bertz CT molecular complexity index is 985. The highest BCUT2D eigenvalue weighted by molar-refractivity contribution is 5.86. The van der Waals surface area contributed by atoms with Crippen molar-refractivity contribution in [3.8, 4) is 16.9 Å². The van der Waals surface area contributed by atoms with Crippen LogP contribution < -0.4 is 4.74 Å². The van der Waals surface area contributed by atoms with Gasteiger partial charge in [-0.2, -0.15) is 0 Å². The molecule has 0 saturated carbocycles. The number of para-hydroxylation sites is 1. The lowest BCUT2D eigenvalue weighted by Crippen LogP contribution is -2.37. The zero-order valence-corrected chi connectivity index (χ0v) is 16.0. The summed E-state index contributed by atoms with van der Waals surface area (Å²) in [5.41, 5.74) is 3.48. The van der Waals surface area contributed by atoms with Gasteiger partial charge in [-0.15, -0.1) is 0 Å². The number of amides is 1. The first-order chi connectivity index (χ1) is 12.9. The Morgan fingerprint density at radius 3 is 2.67 bits per heavy atom. The Morgan fingerprint density at radius 2 is 1.96 bits per heavy atom. The van der Waals surface area contributed by atoms with Crippen LogP contribution in [0.2, 0.25) is 0 Å². The summed E-state index contributed by atoms with van der Waals surface area (Å²) in [6.07, 6.45) is 1.59. The summed E-state index contributed by atoms with van der Waals surface area (Å²) in [7, 11) is 3.35. The molecule has 1 unspecified atom stereocenters. The fourth-order valence-corrected chi connectivity index (χ4v) is 3.03. The van der Waals surface area contributed by atoms with Crippen LogP contribution in [-0.4, -0.2) is 36.0 Å². The standard InChI is InChI=1S/C22H23FN2O2/c1-5-20(22(26)25(3)4)27-19-11-16(10-18(23)12-19)17-9-15-8-6-7-14(2)21(15)24-13-17/h6-13,20H,5H2,1-4H3.